The highest BCUT2D eigenvalue weighted by Crippen LogP contribution is 2.20. The lowest BCUT2D eigenvalue weighted by Crippen LogP contribution is -2.34. The van der Waals surface area contributed by atoms with Crippen molar-refractivity contribution < 1.29 is 29.0 Å². The molecule has 0 radical (unpaired) electrons. The average molecular weight is 938 g/mol. The number of aryl methyl sites for hydroxylation is 1. The van der Waals surface area contributed by atoms with Crippen LogP contribution in [0.1, 0.15) is 262 Å². The van der Waals surface area contributed by atoms with E-state index in [1.807, 2.05) is 41.9 Å². The lowest BCUT2D eigenvalue weighted by molar-refractivity contribution is -0.150. The number of rotatable bonds is 47. The van der Waals surface area contributed by atoms with Crippen LogP contribution in [0, 0.1) is 0 Å². The van der Waals surface area contributed by atoms with Crippen LogP contribution < -0.4 is 5.32 Å². The third-order valence-corrected chi connectivity index (χ3v) is 13.7. The van der Waals surface area contributed by atoms with Gasteiger partial charge in [0.05, 0.1) is 12.7 Å². The predicted molar refractivity (Wildman–Crippen MR) is 282 cm³/mol. The fourth-order valence-electron chi connectivity index (χ4n) is 9.39. The van der Waals surface area contributed by atoms with Crippen LogP contribution in [0.3, 0.4) is 0 Å². The number of fused-ring (bicyclic) bond motifs is 1. The van der Waals surface area contributed by atoms with Gasteiger partial charge in [0.25, 0.3) is 5.91 Å². The maximum atomic E-state index is 12.9. The third-order valence-electron chi connectivity index (χ3n) is 13.7. The Labute approximate surface area is 411 Å². The van der Waals surface area contributed by atoms with Gasteiger partial charge in [-0.05, 0) is 102 Å². The Balaban J connectivity index is 1.72. The predicted octanol–water partition coefficient (Wildman–Crippen LogP) is 15.1. The summed E-state index contributed by atoms with van der Waals surface area (Å²) in [7, 11) is 1.93. The number of carbonyl (C=O) groups is 3. The summed E-state index contributed by atoms with van der Waals surface area (Å²) in [5, 5.41) is 15.3. The molecular weight excluding hydrogens is 835 g/mol. The summed E-state index contributed by atoms with van der Waals surface area (Å²) in [5.74, 6) is -0.153. The first-order valence-corrected chi connectivity index (χ1v) is 28.4. The second-order valence-corrected chi connectivity index (χ2v) is 20.0. The Bertz CT molecular complexity index is 1480. The normalized spacial score (nSPS) is 12.1. The molecule has 9 nitrogen and oxygen atoms in total. The van der Waals surface area contributed by atoms with Gasteiger partial charge in [0.1, 0.15) is 11.8 Å². The summed E-state index contributed by atoms with van der Waals surface area (Å²) in [6.45, 7) is 10.4. The first-order valence-electron chi connectivity index (χ1n) is 28.4. The van der Waals surface area contributed by atoms with Gasteiger partial charge in [-0.25, -0.2) is 0 Å². The van der Waals surface area contributed by atoms with Gasteiger partial charge >= 0.3 is 11.9 Å². The Kier molecular flexibility index (Phi) is 37.8. The quantitative estimate of drug-likeness (QED) is 0.0502. The van der Waals surface area contributed by atoms with E-state index < -0.39 is 6.10 Å². The highest BCUT2D eigenvalue weighted by Gasteiger charge is 2.16. The highest BCUT2D eigenvalue weighted by atomic mass is 16.5. The fraction of sp³-hybridized carbons (Fsp3) is 0.810. The maximum Gasteiger partial charge on any atom is 0.306 e. The SMILES string of the molecule is CCCCCCCCCCCOC(=O)CCCCCN(CCCCCCCC(=O)OC(CCCCCCCC)CCCCCCCC)CC(O)CCCCNC(=O)c1cc2ccccc2n1C. The van der Waals surface area contributed by atoms with E-state index in [9.17, 15) is 19.5 Å². The Morgan fingerprint density at radius 1 is 0.582 bits per heavy atom. The van der Waals surface area contributed by atoms with E-state index in [0.717, 1.165) is 127 Å². The van der Waals surface area contributed by atoms with Crippen LogP contribution in [0.4, 0.5) is 0 Å². The van der Waals surface area contributed by atoms with Crippen molar-refractivity contribution in [2.45, 2.75) is 264 Å². The van der Waals surface area contributed by atoms with Crippen LogP contribution >= 0.6 is 0 Å². The van der Waals surface area contributed by atoms with Crippen molar-refractivity contribution in [3.63, 3.8) is 0 Å². The molecule has 0 aliphatic carbocycles. The number of nitrogens with zero attached hydrogens (tertiary/aromatic N) is 2. The number of unbranched alkanes of at least 4 members (excludes halogenated alkanes) is 25. The highest BCUT2D eigenvalue weighted by molar-refractivity contribution is 5.98. The molecule has 1 aromatic heterocycles. The van der Waals surface area contributed by atoms with E-state index in [1.54, 1.807) is 0 Å². The molecule has 1 atom stereocenters. The molecule has 386 valence electrons. The summed E-state index contributed by atoms with van der Waals surface area (Å²) in [5.41, 5.74) is 1.70. The molecule has 0 fully saturated rings. The zero-order valence-electron chi connectivity index (χ0n) is 43.9. The fourth-order valence-corrected chi connectivity index (χ4v) is 9.39. The summed E-state index contributed by atoms with van der Waals surface area (Å²) in [6.07, 6.45) is 39.4. The molecule has 0 spiro atoms. The summed E-state index contributed by atoms with van der Waals surface area (Å²) < 4.78 is 13.6. The van der Waals surface area contributed by atoms with Crippen molar-refractivity contribution >= 4 is 28.7 Å². The van der Waals surface area contributed by atoms with Crippen molar-refractivity contribution in [1.29, 1.82) is 0 Å². The van der Waals surface area contributed by atoms with Gasteiger partial charge in [-0.2, -0.15) is 0 Å². The van der Waals surface area contributed by atoms with Crippen LogP contribution in [0.5, 0.6) is 0 Å². The molecule has 9 heteroatoms. The molecule has 0 aliphatic rings. The monoisotopic (exact) mass is 938 g/mol. The first kappa shape index (κ1) is 60.2. The van der Waals surface area contributed by atoms with Crippen LogP contribution in [0.2, 0.25) is 0 Å². The standard InChI is InChI=1S/C58H103N3O6/c1-5-8-11-14-17-18-19-25-37-48-66-56(63)43-30-26-36-47-61(50-52(62)39-33-34-45-59-58(65)55-49-51-38-31-32-42-54(51)60(55)4)46-35-24-20-23-29-44-57(64)67-53(40-27-21-15-12-9-6-2)41-28-22-16-13-10-7-3/h31-32,38,42,49,52-53,62H,5-30,33-37,39-41,43-48,50H2,1-4H3,(H,59,65). The largest absolute Gasteiger partial charge is 0.466 e. The van der Waals surface area contributed by atoms with E-state index in [0.29, 0.717) is 44.7 Å². The van der Waals surface area contributed by atoms with Crippen molar-refractivity contribution in [1.82, 2.24) is 14.8 Å². The van der Waals surface area contributed by atoms with Gasteiger partial charge in [0.15, 0.2) is 0 Å². The number of carbonyl (C=O) groups excluding carboxylic acids is 3. The Morgan fingerprint density at radius 3 is 1.64 bits per heavy atom. The third kappa shape index (κ3) is 31.8. The van der Waals surface area contributed by atoms with Gasteiger partial charge in [-0.15, -0.1) is 0 Å². The number of hydrogen-bond acceptors (Lipinski definition) is 7. The maximum absolute atomic E-state index is 12.9. The van der Waals surface area contributed by atoms with Crippen molar-refractivity contribution in [3.05, 3.63) is 36.0 Å². The lowest BCUT2D eigenvalue weighted by atomic mass is 10.0. The molecule has 2 N–H and O–H groups in total. The van der Waals surface area contributed by atoms with Crippen molar-refractivity contribution in [2.75, 3.05) is 32.8 Å². The molecule has 0 saturated carbocycles. The van der Waals surface area contributed by atoms with Crippen molar-refractivity contribution in [2.24, 2.45) is 7.05 Å². The van der Waals surface area contributed by atoms with E-state index >= 15 is 0 Å². The number of aromatic nitrogens is 1. The van der Waals surface area contributed by atoms with Crippen molar-refractivity contribution in [3.8, 4) is 0 Å². The number of benzene rings is 1. The minimum atomic E-state index is -0.429. The van der Waals surface area contributed by atoms with Crippen LogP contribution in [0.25, 0.3) is 10.9 Å². The van der Waals surface area contributed by atoms with Crippen LogP contribution in [0.15, 0.2) is 30.3 Å². The smallest absolute Gasteiger partial charge is 0.306 e. The zero-order valence-corrected chi connectivity index (χ0v) is 43.9. The molecule has 1 amide bonds. The van der Waals surface area contributed by atoms with Gasteiger partial charge in [0.2, 0.25) is 0 Å². The molecular formula is C58H103N3O6. The number of aliphatic hydroxyl groups excluding tert-OH is 1. The summed E-state index contributed by atoms with van der Waals surface area (Å²) >= 11 is 0. The number of aliphatic hydroxyl groups is 1. The molecule has 0 saturated heterocycles. The minimum absolute atomic E-state index is 0.0126. The number of nitrogens with one attached hydrogen (secondary N) is 1. The number of amides is 1. The molecule has 67 heavy (non-hydrogen) atoms. The van der Waals surface area contributed by atoms with Gasteiger partial charge in [-0.1, -0.05) is 180 Å². The number of hydrogen-bond donors (Lipinski definition) is 2. The molecule has 1 unspecified atom stereocenters. The van der Waals surface area contributed by atoms with Crippen LogP contribution in [-0.4, -0.2) is 77.4 Å². The first-order chi connectivity index (χ1) is 32.8. The molecule has 1 aromatic carbocycles. The summed E-state index contributed by atoms with van der Waals surface area (Å²) in [6, 6.07) is 9.97. The second kappa shape index (κ2) is 42.0. The Hall–Kier alpha value is -2.91. The van der Waals surface area contributed by atoms with E-state index in [1.165, 1.54) is 109 Å². The average Bonchev–Trinajstić information content (AvgIpc) is 3.66. The second-order valence-electron chi connectivity index (χ2n) is 20.0. The topological polar surface area (TPSA) is 110 Å². The van der Waals surface area contributed by atoms with Gasteiger partial charge < -0.3 is 29.4 Å². The number of esters is 2. The Morgan fingerprint density at radius 2 is 1.06 bits per heavy atom. The summed E-state index contributed by atoms with van der Waals surface area (Å²) in [4.78, 5) is 40.7. The van der Waals surface area contributed by atoms with Gasteiger partial charge in [-0.3, -0.25) is 14.4 Å². The number of ether oxygens (including phenoxy) is 2. The van der Waals surface area contributed by atoms with E-state index in [-0.39, 0.29) is 23.9 Å². The molecule has 0 bridgehead atoms. The molecule has 2 rings (SSSR count). The minimum Gasteiger partial charge on any atom is -0.466 e. The van der Waals surface area contributed by atoms with E-state index in [4.69, 9.17) is 9.47 Å². The number of para-hydroxylation sites is 1. The van der Waals surface area contributed by atoms with Gasteiger partial charge in [0, 0.05) is 43.9 Å². The van der Waals surface area contributed by atoms with Crippen LogP contribution in [-0.2, 0) is 26.1 Å². The van der Waals surface area contributed by atoms with E-state index in [2.05, 4.69) is 31.0 Å². The molecule has 1 heterocycles. The molecule has 2 aromatic rings. The lowest BCUT2D eigenvalue weighted by Gasteiger charge is -2.25. The zero-order chi connectivity index (χ0) is 48.4. The molecule has 0 aliphatic heterocycles.